The molecule has 0 saturated heterocycles. The third-order valence-corrected chi connectivity index (χ3v) is 4.03. The standard InChI is InChI=1S/C17H23N3O4/c1-17(2,8-6-15(22)23)19-16(24)11-4-5-13-12(10-11)18-14(21)7-9-20(13)3/h4-5,10H,6-9H2,1-3H3,(H,18,21)(H,19,24)(H,22,23). The molecule has 0 fully saturated rings. The van der Waals surface area contributed by atoms with E-state index in [1.54, 1.807) is 32.0 Å². The van der Waals surface area contributed by atoms with Gasteiger partial charge in [0.2, 0.25) is 5.91 Å². The van der Waals surface area contributed by atoms with Gasteiger partial charge in [0.05, 0.1) is 11.4 Å². The number of nitrogens with zero attached hydrogens (tertiary/aromatic N) is 1. The number of carbonyl (C=O) groups excluding carboxylic acids is 2. The number of carbonyl (C=O) groups is 3. The molecule has 1 aliphatic rings. The van der Waals surface area contributed by atoms with Gasteiger partial charge in [0.15, 0.2) is 0 Å². The topological polar surface area (TPSA) is 98.7 Å². The van der Waals surface area contributed by atoms with Gasteiger partial charge >= 0.3 is 5.97 Å². The molecule has 3 N–H and O–H groups in total. The molecule has 7 heteroatoms. The zero-order chi connectivity index (χ0) is 17.9. The summed E-state index contributed by atoms with van der Waals surface area (Å²) in [6, 6.07) is 5.16. The lowest BCUT2D eigenvalue weighted by molar-refractivity contribution is -0.137. The minimum Gasteiger partial charge on any atom is -0.481 e. The van der Waals surface area contributed by atoms with Gasteiger partial charge in [-0.25, -0.2) is 0 Å². The Bertz CT molecular complexity index is 670. The molecule has 7 nitrogen and oxygen atoms in total. The van der Waals surface area contributed by atoms with E-state index < -0.39 is 11.5 Å². The Balaban J connectivity index is 2.16. The molecule has 0 radical (unpaired) electrons. The molecule has 0 atom stereocenters. The van der Waals surface area contributed by atoms with E-state index in [-0.39, 0.29) is 18.2 Å². The summed E-state index contributed by atoms with van der Waals surface area (Å²) in [7, 11) is 1.90. The average Bonchev–Trinajstić information content (AvgIpc) is 2.63. The number of carboxylic acids is 1. The minimum atomic E-state index is -0.895. The van der Waals surface area contributed by atoms with E-state index in [0.29, 0.717) is 30.6 Å². The molecule has 1 aromatic carbocycles. The quantitative estimate of drug-likeness (QED) is 0.763. The second-order valence-electron chi connectivity index (χ2n) is 6.68. The molecule has 130 valence electrons. The number of nitrogens with one attached hydrogen (secondary N) is 2. The second-order valence-corrected chi connectivity index (χ2v) is 6.68. The fourth-order valence-electron chi connectivity index (χ4n) is 2.57. The van der Waals surface area contributed by atoms with Gasteiger partial charge in [-0.2, -0.15) is 0 Å². The molecule has 2 rings (SSSR count). The van der Waals surface area contributed by atoms with Crippen molar-refractivity contribution in [3.8, 4) is 0 Å². The predicted octanol–water partition coefficient (Wildman–Crippen LogP) is 1.84. The van der Waals surface area contributed by atoms with Gasteiger partial charge < -0.3 is 20.6 Å². The number of benzene rings is 1. The molecule has 1 heterocycles. The van der Waals surface area contributed by atoms with Crippen LogP contribution >= 0.6 is 0 Å². The van der Waals surface area contributed by atoms with Gasteiger partial charge in [-0.1, -0.05) is 0 Å². The summed E-state index contributed by atoms with van der Waals surface area (Å²) < 4.78 is 0. The fourth-order valence-corrected chi connectivity index (χ4v) is 2.57. The Labute approximate surface area is 141 Å². The first kappa shape index (κ1) is 17.8. The highest BCUT2D eigenvalue weighted by Gasteiger charge is 2.24. The van der Waals surface area contributed by atoms with Crippen LogP contribution in [0.15, 0.2) is 18.2 Å². The van der Waals surface area contributed by atoms with Gasteiger partial charge in [0.25, 0.3) is 5.91 Å². The van der Waals surface area contributed by atoms with Crippen molar-refractivity contribution in [2.45, 2.75) is 38.6 Å². The van der Waals surface area contributed by atoms with Crippen LogP contribution in [-0.2, 0) is 9.59 Å². The van der Waals surface area contributed by atoms with Gasteiger partial charge in [-0.3, -0.25) is 14.4 Å². The van der Waals surface area contributed by atoms with E-state index in [4.69, 9.17) is 5.11 Å². The molecule has 2 amide bonds. The number of rotatable bonds is 5. The lowest BCUT2D eigenvalue weighted by Crippen LogP contribution is -2.43. The van der Waals surface area contributed by atoms with Crippen molar-refractivity contribution in [1.29, 1.82) is 0 Å². The van der Waals surface area contributed by atoms with Crippen molar-refractivity contribution >= 4 is 29.2 Å². The summed E-state index contributed by atoms with van der Waals surface area (Å²) in [5, 5.41) is 14.4. The normalized spacial score (nSPS) is 14.5. The van der Waals surface area contributed by atoms with E-state index >= 15 is 0 Å². The van der Waals surface area contributed by atoms with Crippen LogP contribution in [0.2, 0.25) is 0 Å². The number of hydrogen-bond donors (Lipinski definition) is 3. The summed E-state index contributed by atoms with van der Waals surface area (Å²) in [4.78, 5) is 36.9. The predicted molar refractivity (Wildman–Crippen MR) is 91.4 cm³/mol. The van der Waals surface area contributed by atoms with Crippen molar-refractivity contribution < 1.29 is 19.5 Å². The number of fused-ring (bicyclic) bond motifs is 1. The lowest BCUT2D eigenvalue weighted by atomic mass is 9.97. The SMILES string of the molecule is CN1CCC(=O)Nc2cc(C(=O)NC(C)(C)CCC(=O)O)ccc21. The highest BCUT2D eigenvalue weighted by molar-refractivity contribution is 6.01. The molecule has 0 bridgehead atoms. The lowest BCUT2D eigenvalue weighted by Gasteiger charge is -2.26. The van der Waals surface area contributed by atoms with Crippen LogP contribution in [-0.4, -0.2) is 42.0 Å². The molecule has 0 spiro atoms. The van der Waals surface area contributed by atoms with Crippen LogP contribution in [0.5, 0.6) is 0 Å². The fraction of sp³-hybridized carbons (Fsp3) is 0.471. The summed E-state index contributed by atoms with van der Waals surface area (Å²) >= 11 is 0. The molecule has 0 aromatic heterocycles. The zero-order valence-corrected chi connectivity index (χ0v) is 14.2. The van der Waals surface area contributed by atoms with Crippen LogP contribution in [0, 0.1) is 0 Å². The number of aliphatic carboxylic acids is 1. The molecule has 0 aliphatic carbocycles. The minimum absolute atomic E-state index is 0.0156. The van der Waals surface area contributed by atoms with Crippen LogP contribution in [0.4, 0.5) is 11.4 Å². The van der Waals surface area contributed by atoms with Crippen molar-refractivity contribution in [1.82, 2.24) is 5.32 Å². The Morgan fingerprint density at radius 2 is 2.08 bits per heavy atom. The van der Waals surface area contributed by atoms with E-state index in [1.807, 2.05) is 11.9 Å². The second kappa shape index (κ2) is 6.90. The van der Waals surface area contributed by atoms with E-state index in [0.717, 1.165) is 5.69 Å². The Hall–Kier alpha value is -2.57. The molecule has 1 aliphatic heterocycles. The third kappa shape index (κ3) is 4.47. The maximum Gasteiger partial charge on any atom is 0.303 e. The van der Waals surface area contributed by atoms with Crippen molar-refractivity contribution in [3.05, 3.63) is 23.8 Å². The maximum absolute atomic E-state index is 12.5. The van der Waals surface area contributed by atoms with Gasteiger partial charge in [0.1, 0.15) is 0 Å². The average molecular weight is 333 g/mol. The molecular formula is C17H23N3O4. The van der Waals surface area contributed by atoms with Crippen molar-refractivity contribution in [2.24, 2.45) is 0 Å². The monoisotopic (exact) mass is 333 g/mol. The smallest absolute Gasteiger partial charge is 0.303 e. The largest absolute Gasteiger partial charge is 0.481 e. The van der Waals surface area contributed by atoms with E-state index in [1.165, 1.54) is 0 Å². The number of anilines is 2. The highest BCUT2D eigenvalue weighted by atomic mass is 16.4. The number of carboxylic acid groups (broad SMARTS) is 1. The van der Waals surface area contributed by atoms with Gasteiger partial charge in [0, 0.05) is 37.5 Å². The molecule has 1 aromatic rings. The first-order valence-corrected chi connectivity index (χ1v) is 7.87. The van der Waals surface area contributed by atoms with Crippen LogP contribution in [0.25, 0.3) is 0 Å². The first-order chi connectivity index (χ1) is 11.2. The number of amides is 2. The maximum atomic E-state index is 12.5. The molecule has 0 saturated carbocycles. The Kier molecular flexibility index (Phi) is 5.11. The first-order valence-electron chi connectivity index (χ1n) is 7.87. The third-order valence-electron chi connectivity index (χ3n) is 4.03. The van der Waals surface area contributed by atoms with Crippen molar-refractivity contribution in [3.63, 3.8) is 0 Å². The van der Waals surface area contributed by atoms with Crippen LogP contribution in [0.3, 0.4) is 0 Å². The number of hydrogen-bond acceptors (Lipinski definition) is 4. The Morgan fingerprint density at radius 3 is 2.75 bits per heavy atom. The van der Waals surface area contributed by atoms with Gasteiger partial charge in [-0.05, 0) is 38.5 Å². The van der Waals surface area contributed by atoms with Crippen LogP contribution < -0.4 is 15.5 Å². The zero-order valence-electron chi connectivity index (χ0n) is 14.2. The molecule has 24 heavy (non-hydrogen) atoms. The summed E-state index contributed by atoms with van der Waals surface area (Å²) in [5.74, 6) is -1.28. The molecule has 0 unspecified atom stereocenters. The molecular weight excluding hydrogens is 310 g/mol. The summed E-state index contributed by atoms with van der Waals surface area (Å²) in [6.07, 6.45) is 0.714. The van der Waals surface area contributed by atoms with E-state index in [9.17, 15) is 14.4 Å². The summed E-state index contributed by atoms with van der Waals surface area (Å²) in [6.45, 7) is 4.19. The van der Waals surface area contributed by atoms with Crippen LogP contribution in [0.1, 0.15) is 43.5 Å². The van der Waals surface area contributed by atoms with Gasteiger partial charge in [-0.15, -0.1) is 0 Å². The summed E-state index contributed by atoms with van der Waals surface area (Å²) in [5.41, 5.74) is 1.26. The highest BCUT2D eigenvalue weighted by Crippen LogP contribution is 2.29. The Morgan fingerprint density at radius 1 is 1.38 bits per heavy atom. The van der Waals surface area contributed by atoms with E-state index in [2.05, 4.69) is 10.6 Å². The van der Waals surface area contributed by atoms with Crippen molar-refractivity contribution in [2.75, 3.05) is 23.8 Å².